The van der Waals surface area contributed by atoms with Crippen molar-refractivity contribution in [1.29, 1.82) is 0 Å². The van der Waals surface area contributed by atoms with Crippen molar-refractivity contribution in [2.75, 3.05) is 18.0 Å². The van der Waals surface area contributed by atoms with Gasteiger partial charge in [0.25, 0.3) is 0 Å². The zero-order valence-corrected chi connectivity index (χ0v) is 10.5. The Hall–Kier alpha value is -1.16. The molecule has 3 heterocycles. The van der Waals surface area contributed by atoms with Gasteiger partial charge in [0.2, 0.25) is 0 Å². The van der Waals surface area contributed by atoms with Gasteiger partial charge in [0.15, 0.2) is 0 Å². The zero-order valence-electron chi connectivity index (χ0n) is 9.66. The molecule has 3 nitrogen and oxygen atoms in total. The van der Waals surface area contributed by atoms with Crippen molar-refractivity contribution < 1.29 is 0 Å². The van der Waals surface area contributed by atoms with Gasteiger partial charge in [0.05, 0.1) is 5.39 Å². The maximum Gasteiger partial charge on any atom is 0.141 e. The van der Waals surface area contributed by atoms with Crippen LogP contribution in [0.15, 0.2) is 6.33 Å². The van der Waals surface area contributed by atoms with E-state index in [0.717, 1.165) is 23.7 Å². The smallest absolute Gasteiger partial charge is 0.141 e. The van der Waals surface area contributed by atoms with Crippen LogP contribution < -0.4 is 4.90 Å². The normalized spacial score (nSPS) is 16.2. The molecule has 0 bridgehead atoms. The Morgan fingerprint density at radius 2 is 1.94 bits per heavy atom. The molecule has 16 heavy (non-hydrogen) atoms. The molecule has 0 N–H and O–H groups in total. The third kappa shape index (κ3) is 1.40. The van der Waals surface area contributed by atoms with Crippen LogP contribution in [0.3, 0.4) is 0 Å². The molecule has 1 fully saturated rings. The summed E-state index contributed by atoms with van der Waals surface area (Å²) in [6.45, 7) is 6.62. The van der Waals surface area contributed by atoms with Crippen molar-refractivity contribution in [1.82, 2.24) is 9.97 Å². The van der Waals surface area contributed by atoms with Crippen molar-refractivity contribution >= 4 is 27.4 Å². The summed E-state index contributed by atoms with van der Waals surface area (Å²) in [5.74, 6) is 1.14. The van der Waals surface area contributed by atoms with Gasteiger partial charge in [-0.25, -0.2) is 9.97 Å². The molecule has 1 saturated heterocycles. The van der Waals surface area contributed by atoms with Crippen LogP contribution in [0, 0.1) is 13.8 Å². The average Bonchev–Trinajstić information content (AvgIpc) is 2.88. The number of nitrogens with zero attached hydrogens (tertiary/aromatic N) is 3. The minimum absolute atomic E-state index is 1.13. The predicted octanol–water partition coefficient (Wildman–Crippen LogP) is 2.91. The maximum absolute atomic E-state index is 4.48. The molecule has 0 atom stereocenters. The molecule has 1 aliphatic heterocycles. The number of anilines is 1. The van der Waals surface area contributed by atoms with Crippen LogP contribution in [0.5, 0.6) is 0 Å². The third-order valence-electron chi connectivity index (χ3n) is 3.35. The Balaban J connectivity index is 2.23. The lowest BCUT2D eigenvalue weighted by Gasteiger charge is -2.17. The summed E-state index contributed by atoms with van der Waals surface area (Å²) in [6, 6.07) is 0. The van der Waals surface area contributed by atoms with E-state index in [1.165, 1.54) is 28.7 Å². The molecule has 0 unspecified atom stereocenters. The molecule has 1 aliphatic rings. The van der Waals surface area contributed by atoms with Crippen molar-refractivity contribution in [3.63, 3.8) is 0 Å². The molecule has 0 aliphatic carbocycles. The predicted molar refractivity (Wildman–Crippen MR) is 68.3 cm³/mol. The van der Waals surface area contributed by atoms with Crippen molar-refractivity contribution in [2.24, 2.45) is 0 Å². The van der Waals surface area contributed by atoms with Gasteiger partial charge >= 0.3 is 0 Å². The van der Waals surface area contributed by atoms with E-state index in [4.69, 9.17) is 0 Å². The summed E-state index contributed by atoms with van der Waals surface area (Å²) in [7, 11) is 0. The molecule has 0 aromatic carbocycles. The molecular weight excluding hydrogens is 218 g/mol. The van der Waals surface area contributed by atoms with Crippen molar-refractivity contribution in [2.45, 2.75) is 26.7 Å². The highest BCUT2D eigenvalue weighted by molar-refractivity contribution is 7.18. The first-order valence-electron chi connectivity index (χ1n) is 5.73. The Labute approximate surface area is 99.1 Å². The molecule has 0 radical (unpaired) electrons. The summed E-state index contributed by atoms with van der Waals surface area (Å²) in [6.07, 6.45) is 4.27. The summed E-state index contributed by atoms with van der Waals surface area (Å²) >= 11 is 1.77. The van der Waals surface area contributed by atoms with E-state index in [1.807, 2.05) is 0 Å². The monoisotopic (exact) mass is 233 g/mol. The molecule has 0 amide bonds. The lowest BCUT2D eigenvalue weighted by atomic mass is 10.2. The lowest BCUT2D eigenvalue weighted by molar-refractivity contribution is 0.939. The molecule has 3 rings (SSSR count). The van der Waals surface area contributed by atoms with E-state index < -0.39 is 0 Å². The van der Waals surface area contributed by atoms with Crippen LogP contribution in [0.1, 0.15) is 23.3 Å². The standard InChI is InChI=1S/C12H15N3S/c1-8-9(2)16-12-10(8)11(13-7-14-12)15-5-3-4-6-15/h7H,3-6H2,1-2H3. The quantitative estimate of drug-likeness (QED) is 0.758. The van der Waals surface area contributed by atoms with Crippen LogP contribution in [0.4, 0.5) is 5.82 Å². The second-order valence-electron chi connectivity index (χ2n) is 4.35. The highest BCUT2D eigenvalue weighted by atomic mass is 32.1. The highest BCUT2D eigenvalue weighted by Gasteiger charge is 2.19. The van der Waals surface area contributed by atoms with E-state index in [9.17, 15) is 0 Å². The molecule has 0 spiro atoms. The largest absolute Gasteiger partial charge is 0.356 e. The van der Waals surface area contributed by atoms with Gasteiger partial charge in [-0.1, -0.05) is 0 Å². The van der Waals surface area contributed by atoms with E-state index in [-0.39, 0.29) is 0 Å². The van der Waals surface area contributed by atoms with E-state index in [0.29, 0.717) is 0 Å². The Morgan fingerprint density at radius 3 is 2.69 bits per heavy atom. The first kappa shape index (κ1) is 10.0. The molecule has 84 valence electrons. The first-order valence-corrected chi connectivity index (χ1v) is 6.54. The summed E-state index contributed by atoms with van der Waals surface area (Å²) < 4.78 is 0. The number of rotatable bonds is 1. The Bertz CT molecular complexity index is 526. The number of thiophene rings is 1. The van der Waals surface area contributed by atoms with Crippen molar-refractivity contribution in [3.05, 3.63) is 16.8 Å². The summed E-state index contributed by atoms with van der Waals surface area (Å²) in [4.78, 5) is 13.7. The van der Waals surface area contributed by atoms with Crippen molar-refractivity contribution in [3.8, 4) is 0 Å². The van der Waals surface area contributed by atoms with E-state index in [2.05, 4.69) is 28.7 Å². The molecule has 4 heteroatoms. The fourth-order valence-corrected chi connectivity index (χ4v) is 3.32. The van der Waals surface area contributed by atoms with Gasteiger partial charge in [-0.3, -0.25) is 0 Å². The van der Waals surface area contributed by atoms with Gasteiger partial charge in [0, 0.05) is 18.0 Å². The molecule has 2 aromatic heterocycles. The number of hydrogen-bond acceptors (Lipinski definition) is 4. The Kier molecular flexibility index (Phi) is 2.32. The zero-order chi connectivity index (χ0) is 11.1. The maximum atomic E-state index is 4.48. The number of aryl methyl sites for hydroxylation is 2. The number of fused-ring (bicyclic) bond motifs is 1. The van der Waals surface area contributed by atoms with Gasteiger partial charge < -0.3 is 4.90 Å². The fraction of sp³-hybridized carbons (Fsp3) is 0.500. The molecule has 0 saturated carbocycles. The third-order valence-corrected chi connectivity index (χ3v) is 4.47. The van der Waals surface area contributed by atoms with Gasteiger partial charge in [-0.2, -0.15) is 0 Å². The summed E-state index contributed by atoms with van der Waals surface area (Å²) in [5.41, 5.74) is 1.35. The highest BCUT2D eigenvalue weighted by Crippen LogP contribution is 2.35. The average molecular weight is 233 g/mol. The van der Waals surface area contributed by atoms with Crippen LogP contribution >= 0.6 is 11.3 Å². The SMILES string of the molecule is Cc1sc2ncnc(N3CCCC3)c2c1C. The first-order chi connectivity index (χ1) is 7.77. The van der Waals surface area contributed by atoms with Gasteiger partial charge in [-0.15, -0.1) is 11.3 Å². The molecule has 2 aromatic rings. The minimum Gasteiger partial charge on any atom is -0.356 e. The van der Waals surface area contributed by atoms with Crippen LogP contribution in [-0.4, -0.2) is 23.1 Å². The van der Waals surface area contributed by atoms with E-state index in [1.54, 1.807) is 17.7 Å². The Morgan fingerprint density at radius 1 is 1.19 bits per heavy atom. The number of hydrogen-bond donors (Lipinski definition) is 0. The number of aromatic nitrogens is 2. The second-order valence-corrected chi connectivity index (χ2v) is 5.56. The molecular formula is C12H15N3S. The fourth-order valence-electron chi connectivity index (χ4n) is 2.33. The minimum atomic E-state index is 1.13. The topological polar surface area (TPSA) is 29.0 Å². The van der Waals surface area contributed by atoms with Crippen LogP contribution in [-0.2, 0) is 0 Å². The van der Waals surface area contributed by atoms with Crippen LogP contribution in [0.2, 0.25) is 0 Å². The second kappa shape index (κ2) is 3.70. The van der Waals surface area contributed by atoms with Crippen LogP contribution in [0.25, 0.3) is 10.2 Å². The summed E-state index contributed by atoms with van der Waals surface area (Å²) in [5, 5.41) is 1.27. The van der Waals surface area contributed by atoms with Gasteiger partial charge in [-0.05, 0) is 32.3 Å². The van der Waals surface area contributed by atoms with E-state index >= 15 is 0 Å². The lowest BCUT2D eigenvalue weighted by Crippen LogP contribution is -2.19. The van der Waals surface area contributed by atoms with Gasteiger partial charge in [0.1, 0.15) is 17.0 Å².